The van der Waals surface area contributed by atoms with Crippen LogP contribution in [0, 0.1) is 5.92 Å². The fourth-order valence-electron chi connectivity index (χ4n) is 5.21. The first-order valence-electron chi connectivity index (χ1n) is 12.5. The second-order valence-electron chi connectivity index (χ2n) is 9.87. The maximum Gasteiger partial charge on any atom is 0.225 e. The van der Waals surface area contributed by atoms with Gasteiger partial charge in [-0.2, -0.15) is 4.98 Å². The monoisotopic (exact) mass is 470 g/mol. The Morgan fingerprint density at radius 1 is 1.00 bits per heavy atom. The van der Waals surface area contributed by atoms with Crippen molar-refractivity contribution in [2.75, 3.05) is 37.4 Å². The second-order valence-corrected chi connectivity index (χ2v) is 9.87. The highest BCUT2D eigenvalue weighted by atomic mass is 16.1. The SMILES string of the molecule is CN(C)c1nc(N[C@H]2CC[C@@H](CNCC(=O)c3cn(C)c4ccccc34)CC2)nc2ccccc12. The van der Waals surface area contributed by atoms with Crippen LogP contribution >= 0.6 is 0 Å². The summed E-state index contributed by atoms with van der Waals surface area (Å²) in [6.45, 7) is 1.25. The zero-order valence-corrected chi connectivity index (χ0v) is 20.8. The molecule has 1 aliphatic rings. The molecule has 0 atom stereocenters. The molecule has 0 saturated heterocycles. The molecule has 2 heterocycles. The number of hydrogen-bond acceptors (Lipinski definition) is 6. The van der Waals surface area contributed by atoms with Crippen LogP contribution in [-0.4, -0.2) is 53.5 Å². The third kappa shape index (κ3) is 5.00. The molecule has 4 aromatic rings. The fraction of sp³-hybridized carbons (Fsp3) is 0.393. The molecule has 0 amide bonds. The molecule has 1 fully saturated rings. The van der Waals surface area contributed by atoms with E-state index >= 15 is 0 Å². The van der Waals surface area contributed by atoms with Gasteiger partial charge in [0.15, 0.2) is 5.78 Å². The predicted molar refractivity (Wildman–Crippen MR) is 143 cm³/mol. The standard InChI is InChI=1S/C28H34N6O/c1-33(2)27-22-9-4-6-10-24(22)31-28(32-27)30-20-14-12-19(13-15-20)16-29-17-26(35)23-18-34(3)25-11-7-5-8-21(23)25/h4-11,18-20,29H,12-17H2,1-3H3,(H,30,31,32)/t19-,20+. The van der Waals surface area contributed by atoms with Crippen molar-refractivity contribution < 1.29 is 4.79 Å². The Kier molecular flexibility index (Phi) is 6.68. The third-order valence-corrected chi connectivity index (χ3v) is 7.10. The molecule has 0 aliphatic heterocycles. The number of carbonyl (C=O) groups is 1. The summed E-state index contributed by atoms with van der Waals surface area (Å²) in [5.74, 6) is 2.38. The van der Waals surface area contributed by atoms with E-state index in [-0.39, 0.29) is 5.78 Å². The van der Waals surface area contributed by atoms with Gasteiger partial charge in [0, 0.05) is 55.2 Å². The lowest BCUT2D eigenvalue weighted by Crippen LogP contribution is -2.33. The Morgan fingerprint density at radius 2 is 1.71 bits per heavy atom. The van der Waals surface area contributed by atoms with Gasteiger partial charge >= 0.3 is 0 Å². The van der Waals surface area contributed by atoms with Gasteiger partial charge in [0.25, 0.3) is 0 Å². The van der Waals surface area contributed by atoms with Crippen LogP contribution in [0.3, 0.4) is 0 Å². The van der Waals surface area contributed by atoms with Crippen molar-refractivity contribution in [3.05, 3.63) is 60.3 Å². The number of benzene rings is 2. The molecule has 2 aromatic carbocycles. The molecular weight excluding hydrogens is 436 g/mol. The first-order valence-corrected chi connectivity index (χ1v) is 12.5. The lowest BCUT2D eigenvalue weighted by molar-refractivity contribution is 0.0990. The second kappa shape index (κ2) is 10.0. The van der Waals surface area contributed by atoms with Gasteiger partial charge in [-0.3, -0.25) is 4.79 Å². The minimum absolute atomic E-state index is 0.155. The maximum atomic E-state index is 12.8. The molecule has 0 spiro atoms. The molecule has 2 N–H and O–H groups in total. The largest absolute Gasteiger partial charge is 0.362 e. The molecular formula is C28H34N6O. The summed E-state index contributed by atoms with van der Waals surface area (Å²) in [7, 11) is 6.02. The van der Waals surface area contributed by atoms with Crippen molar-refractivity contribution in [1.82, 2.24) is 19.9 Å². The number of carbonyl (C=O) groups excluding carboxylic acids is 1. The van der Waals surface area contributed by atoms with Crippen LogP contribution in [0.1, 0.15) is 36.0 Å². The van der Waals surface area contributed by atoms with Crippen molar-refractivity contribution in [1.29, 1.82) is 0 Å². The Bertz CT molecular complexity index is 1340. The zero-order chi connectivity index (χ0) is 24.4. The quantitative estimate of drug-likeness (QED) is 0.366. The number of aromatic nitrogens is 3. The van der Waals surface area contributed by atoms with Gasteiger partial charge in [-0.15, -0.1) is 0 Å². The van der Waals surface area contributed by atoms with E-state index < -0.39 is 0 Å². The number of aryl methyl sites for hydroxylation is 1. The average Bonchev–Trinajstić information content (AvgIpc) is 3.21. The topological polar surface area (TPSA) is 75.1 Å². The van der Waals surface area contributed by atoms with Gasteiger partial charge in [0.05, 0.1) is 12.1 Å². The molecule has 1 saturated carbocycles. The summed E-state index contributed by atoms with van der Waals surface area (Å²) in [6, 6.07) is 16.6. The fourth-order valence-corrected chi connectivity index (χ4v) is 5.21. The molecule has 1 aliphatic carbocycles. The van der Waals surface area contributed by atoms with Crippen molar-refractivity contribution in [3.63, 3.8) is 0 Å². The highest BCUT2D eigenvalue weighted by Gasteiger charge is 2.23. The molecule has 7 nitrogen and oxygen atoms in total. The normalized spacial score (nSPS) is 18.1. The van der Waals surface area contributed by atoms with Crippen LogP contribution in [0.4, 0.5) is 11.8 Å². The Balaban J connectivity index is 1.13. The van der Waals surface area contributed by atoms with Gasteiger partial charge in [-0.1, -0.05) is 30.3 Å². The Hall–Kier alpha value is -3.45. The van der Waals surface area contributed by atoms with E-state index in [9.17, 15) is 4.79 Å². The van der Waals surface area contributed by atoms with Gasteiger partial charge < -0.3 is 20.1 Å². The van der Waals surface area contributed by atoms with Crippen molar-refractivity contribution in [3.8, 4) is 0 Å². The molecule has 7 heteroatoms. The number of hydrogen-bond donors (Lipinski definition) is 2. The highest BCUT2D eigenvalue weighted by molar-refractivity contribution is 6.09. The molecule has 182 valence electrons. The summed E-state index contributed by atoms with van der Waals surface area (Å²) >= 11 is 0. The summed E-state index contributed by atoms with van der Waals surface area (Å²) in [5.41, 5.74) is 2.85. The number of rotatable bonds is 8. The van der Waals surface area contributed by atoms with Crippen LogP contribution in [0.25, 0.3) is 21.8 Å². The van der Waals surface area contributed by atoms with Gasteiger partial charge in [-0.05, 0) is 56.3 Å². The van der Waals surface area contributed by atoms with E-state index in [1.165, 1.54) is 0 Å². The molecule has 35 heavy (non-hydrogen) atoms. The lowest BCUT2D eigenvalue weighted by atomic mass is 9.86. The van der Waals surface area contributed by atoms with E-state index in [0.717, 1.165) is 65.4 Å². The average molecular weight is 471 g/mol. The molecule has 0 unspecified atom stereocenters. The van der Waals surface area contributed by atoms with Crippen molar-refractivity contribution in [2.45, 2.75) is 31.7 Å². The Labute approximate surface area is 206 Å². The van der Waals surface area contributed by atoms with Crippen molar-refractivity contribution >= 4 is 39.4 Å². The minimum Gasteiger partial charge on any atom is -0.362 e. The number of fused-ring (bicyclic) bond motifs is 2. The van der Waals surface area contributed by atoms with Crippen LogP contribution < -0.4 is 15.5 Å². The number of Topliss-reactive ketones (excluding diaryl/α,β-unsaturated/α-hetero) is 1. The van der Waals surface area contributed by atoms with Gasteiger partial charge in [0.2, 0.25) is 5.95 Å². The van der Waals surface area contributed by atoms with E-state index in [1.54, 1.807) is 0 Å². The molecule has 2 aromatic heterocycles. The number of anilines is 2. The number of para-hydroxylation sites is 2. The van der Waals surface area contributed by atoms with E-state index in [4.69, 9.17) is 9.97 Å². The summed E-state index contributed by atoms with van der Waals surface area (Å²) in [4.78, 5) is 24.4. The Morgan fingerprint density at radius 3 is 2.49 bits per heavy atom. The van der Waals surface area contributed by atoms with E-state index in [1.807, 2.05) is 73.2 Å². The van der Waals surface area contributed by atoms with E-state index in [2.05, 4.69) is 22.8 Å². The number of nitrogens with one attached hydrogen (secondary N) is 2. The van der Waals surface area contributed by atoms with Crippen LogP contribution in [0.15, 0.2) is 54.7 Å². The zero-order valence-electron chi connectivity index (χ0n) is 20.8. The molecule has 5 rings (SSSR count). The van der Waals surface area contributed by atoms with Crippen LogP contribution in [0.2, 0.25) is 0 Å². The number of ketones is 1. The molecule has 0 bridgehead atoms. The summed E-state index contributed by atoms with van der Waals surface area (Å²) in [5, 5.41) is 9.10. The van der Waals surface area contributed by atoms with Gasteiger partial charge in [-0.25, -0.2) is 4.98 Å². The van der Waals surface area contributed by atoms with Crippen LogP contribution in [0.5, 0.6) is 0 Å². The highest BCUT2D eigenvalue weighted by Crippen LogP contribution is 2.28. The first kappa shape index (κ1) is 23.3. The summed E-state index contributed by atoms with van der Waals surface area (Å²) < 4.78 is 2.03. The smallest absolute Gasteiger partial charge is 0.225 e. The van der Waals surface area contributed by atoms with Crippen LogP contribution in [-0.2, 0) is 7.05 Å². The van der Waals surface area contributed by atoms with Crippen molar-refractivity contribution in [2.24, 2.45) is 13.0 Å². The number of nitrogens with zero attached hydrogens (tertiary/aromatic N) is 4. The van der Waals surface area contributed by atoms with Gasteiger partial charge in [0.1, 0.15) is 5.82 Å². The summed E-state index contributed by atoms with van der Waals surface area (Å²) in [6.07, 6.45) is 6.36. The minimum atomic E-state index is 0.155. The maximum absolute atomic E-state index is 12.8. The molecule has 0 radical (unpaired) electrons. The first-order chi connectivity index (χ1) is 17.0. The van der Waals surface area contributed by atoms with E-state index in [0.29, 0.717) is 24.5 Å². The third-order valence-electron chi connectivity index (χ3n) is 7.10. The predicted octanol–water partition coefficient (Wildman–Crippen LogP) is 4.63. The lowest BCUT2D eigenvalue weighted by Gasteiger charge is -2.29.